The summed E-state index contributed by atoms with van der Waals surface area (Å²) in [6.45, 7) is 3.59. The maximum absolute atomic E-state index is 12.6. The van der Waals surface area contributed by atoms with Crippen LogP contribution >= 0.6 is 11.8 Å². The van der Waals surface area contributed by atoms with E-state index in [1.54, 1.807) is 19.2 Å². The molecule has 1 amide bonds. The molecule has 1 heterocycles. The highest BCUT2D eigenvalue weighted by atomic mass is 32.2. The lowest BCUT2D eigenvalue weighted by atomic mass is 10.1. The van der Waals surface area contributed by atoms with E-state index in [2.05, 4.69) is 0 Å². The van der Waals surface area contributed by atoms with E-state index in [4.69, 9.17) is 9.84 Å². The second kappa shape index (κ2) is 6.87. The van der Waals surface area contributed by atoms with Gasteiger partial charge < -0.3 is 9.84 Å². The van der Waals surface area contributed by atoms with E-state index < -0.39 is 5.97 Å². The fourth-order valence-corrected chi connectivity index (χ4v) is 3.35. The Hall–Kier alpha value is -1.95. The molecule has 0 aromatic heterocycles. The van der Waals surface area contributed by atoms with Gasteiger partial charge in [0.2, 0.25) is 5.91 Å². The Labute approximate surface area is 133 Å². The summed E-state index contributed by atoms with van der Waals surface area (Å²) in [5.74, 6) is -0.329. The third-order valence-corrected chi connectivity index (χ3v) is 4.81. The summed E-state index contributed by atoms with van der Waals surface area (Å²) in [4.78, 5) is 25.1. The zero-order chi connectivity index (χ0) is 16.3. The first-order valence-electron chi connectivity index (χ1n) is 6.97. The molecule has 1 aliphatic heterocycles. The van der Waals surface area contributed by atoms with E-state index in [-0.39, 0.29) is 23.6 Å². The number of carboxylic acids is 1. The smallest absolute Gasteiger partial charge is 0.323 e. The van der Waals surface area contributed by atoms with Crippen LogP contribution in [0.1, 0.15) is 19.4 Å². The summed E-state index contributed by atoms with van der Waals surface area (Å²) in [5, 5.41) is 10.7. The van der Waals surface area contributed by atoms with Crippen molar-refractivity contribution < 1.29 is 19.4 Å². The molecule has 2 rings (SSSR count). The van der Waals surface area contributed by atoms with E-state index in [9.17, 15) is 9.59 Å². The number of carboxylic acid groups (broad SMARTS) is 1. The van der Waals surface area contributed by atoms with Crippen molar-refractivity contribution in [3.63, 3.8) is 0 Å². The first kappa shape index (κ1) is 16.4. The molecule has 1 aromatic rings. The van der Waals surface area contributed by atoms with Crippen molar-refractivity contribution in [1.29, 1.82) is 0 Å². The molecule has 1 atom stereocenters. The summed E-state index contributed by atoms with van der Waals surface area (Å²) in [5.41, 5.74) is 1.42. The van der Waals surface area contributed by atoms with Crippen molar-refractivity contribution in [3.8, 4) is 5.75 Å². The Morgan fingerprint density at radius 3 is 2.50 bits per heavy atom. The molecule has 0 unspecified atom stereocenters. The molecule has 118 valence electrons. The maximum Gasteiger partial charge on any atom is 0.323 e. The van der Waals surface area contributed by atoms with Gasteiger partial charge in [-0.25, -0.2) is 0 Å². The lowest BCUT2D eigenvalue weighted by molar-refractivity contribution is -0.142. The predicted octanol–water partition coefficient (Wildman–Crippen LogP) is 2.68. The number of ether oxygens (including phenoxy) is 1. The van der Waals surface area contributed by atoms with Crippen molar-refractivity contribution in [2.45, 2.75) is 19.1 Å². The molecular formula is C16H19NO4S. The normalized spacial score (nSPS) is 18.4. The number of hydrogen-bond donors (Lipinski definition) is 1. The van der Waals surface area contributed by atoms with E-state index >= 15 is 0 Å². The van der Waals surface area contributed by atoms with Gasteiger partial charge in [0.25, 0.3) is 0 Å². The molecule has 0 saturated heterocycles. The first-order chi connectivity index (χ1) is 10.4. The number of thioether (sulfide) groups is 1. The second-order valence-electron chi connectivity index (χ2n) is 5.35. The number of amides is 1. The largest absolute Gasteiger partial charge is 0.497 e. The molecule has 6 heteroatoms. The molecule has 1 aliphatic rings. The third-order valence-electron chi connectivity index (χ3n) is 3.41. The van der Waals surface area contributed by atoms with Gasteiger partial charge in [-0.2, -0.15) is 0 Å². The van der Waals surface area contributed by atoms with Crippen LogP contribution in [0, 0.1) is 5.92 Å². The highest BCUT2D eigenvalue weighted by Crippen LogP contribution is 2.35. The average molecular weight is 321 g/mol. The van der Waals surface area contributed by atoms with E-state index in [1.165, 1.54) is 16.7 Å². The van der Waals surface area contributed by atoms with Gasteiger partial charge in [0.05, 0.1) is 18.1 Å². The van der Waals surface area contributed by atoms with Gasteiger partial charge in [-0.15, -0.1) is 11.8 Å². The number of aliphatic carboxylic acids is 1. The molecule has 5 nitrogen and oxygen atoms in total. The van der Waals surface area contributed by atoms with Gasteiger partial charge in [-0.3, -0.25) is 14.5 Å². The van der Waals surface area contributed by atoms with Crippen LogP contribution < -0.4 is 4.74 Å². The van der Waals surface area contributed by atoms with E-state index in [0.29, 0.717) is 11.4 Å². The Balaban J connectivity index is 2.37. The van der Waals surface area contributed by atoms with Crippen molar-refractivity contribution in [2.75, 3.05) is 13.7 Å². The van der Waals surface area contributed by atoms with Gasteiger partial charge in [-0.05, 0) is 41.2 Å². The Morgan fingerprint density at radius 2 is 2.00 bits per heavy atom. The summed E-state index contributed by atoms with van der Waals surface area (Å²) in [6, 6.07) is 7.23. The zero-order valence-electron chi connectivity index (χ0n) is 12.8. The lowest BCUT2D eigenvalue weighted by Gasteiger charge is -2.33. The Kier molecular flexibility index (Phi) is 5.13. The molecular weight excluding hydrogens is 302 g/mol. The summed E-state index contributed by atoms with van der Waals surface area (Å²) >= 11 is 1.45. The van der Waals surface area contributed by atoms with Crippen LogP contribution in [0.2, 0.25) is 0 Å². The minimum absolute atomic E-state index is 0.141. The van der Waals surface area contributed by atoms with Crippen LogP contribution in [0.4, 0.5) is 0 Å². The third kappa shape index (κ3) is 3.44. The van der Waals surface area contributed by atoms with Crippen molar-refractivity contribution in [2.24, 2.45) is 5.92 Å². The number of carbonyl (C=O) groups excluding carboxylic acids is 1. The number of methoxy groups -OCH3 is 1. The summed E-state index contributed by atoms with van der Waals surface area (Å²) in [6.07, 6.45) is 0. The van der Waals surface area contributed by atoms with Crippen LogP contribution in [0.25, 0.3) is 5.70 Å². The average Bonchev–Trinajstić information content (AvgIpc) is 2.48. The van der Waals surface area contributed by atoms with Crippen LogP contribution in [0.3, 0.4) is 0 Å². The maximum atomic E-state index is 12.6. The molecule has 22 heavy (non-hydrogen) atoms. The fourth-order valence-electron chi connectivity index (χ4n) is 2.26. The molecule has 0 bridgehead atoms. The number of carbonyl (C=O) groups is 2. The Bertz CT molecular complexity index is 595. The van der Waals surface area contributed by atoms with Gasteiger partial charge in [-0.1, -0.05) is 13.8 Å². The second-order valence-corrected chi connectivity index (χ2v) is 6.37. The van der Waals surface area contributed by atoms with Crippen LogP contribution in [-0.4, -0.2) is 40.8 Å². The van der Waals surface area contributed by atoms with Crippen molar-refractivity contribution in [3.05, 3.63) is 35.2 Å². The van der Waals surface area contributed by atoms with Crippen molar-refractivity contribution in [1.82, 2.24) is 4.90 Å². The van der Waals surface area contributed by atoms with Crippen LogP contribution in [-0.2, 0) is 9.59 Å². The topological polar surface area (TPSA) is 66.8 Å². The fraction of sp³-hybridized carbons (Fsp3) is 0.375. The summed E-state index contributed by atoms with van der Waals surface area (Å²) in [7, 11) is 1.58. The zero-order valence-corrected chi connectivity index (χ0v) is 13.6. The highest BCUT2D eigenvalue weighted by Gasteiger charge is 2.34. The lowest BCUT2D eigenvalue weighted by Crippen LogP contribution is -2.43. The molecule has 0 aliphatic carbocycles. The number of hydrogen-bond acceptors (Lipinski definition) is 4. The Morgan fingerprint density at radius 1 is 1.36 bits per heavy atom. The molecule has 0 fully saturated rings. The summed E-state index contributed by atoms with van der Waals surface area (Å²) < 4.78 is 5.12. The van der Waals surface area contributed by atoms with E-state index in [0.717, 1.165) is 5.56 Å². The number of benzene rings is 1. The van der Waals surface area contributed by atoms with Gasteiger partial charge >= 0.3 is 5.97 Å². The minimum atomic E-state index is -1.03. The number of nitrogens with zero attached hydrogens (tertiary/aromatic N) is 1. The molecule has 0 saturated carbocycles. The van der Waals surface area contributed by atoms with E-state index in [1.807, 2.05) is 31.4 Å². The monoisotopic (exact) mass is 321 g/mol. The van der Waals surface area contributed by atoms with Gasteiger partial charge in [0.1, 0.15) is 12.3 Å². The van der Waals surface area contributed by atoms with Crippen LogP contribution in [0.5, 0.6) is 5.75 Å². The van der Waals surface area contributed by atoms with Gasteiger partial charge in [0.15, 0.2) is 0 Å². The molecule has 1 N–H and O–H groups in total. The highest BCUT2D eigenvalue weighted by molar-refractivity contribution is 8.03. The number of rotatable bonds is 5. The van der Waals surface area contributed by atoms with Crippen molar-refractivity contribution >= 4 is 29.3 Å². The minimum Gasteiger partial charge on any atom is -0.497 e. The SMILES string of the molecule is COc1ccc(C2=CS[C@@H](C(C)C)C(=O)N2CC(=O)O)cc1. The standard InChI is InChI=1S/C16H19NO4S/c1-10(2)15-16(20)17(8-14(18)19)13(9-22-15)11-4-6-12(21-3)7-5-11/h4-7,9-10,15H,8H2,1-3H3,(H,18,19)/t15-/m0/s1. The quantitative estimate of drug-likeness (QED) is 0.903. The molecule has 1 aromatic carbocycles. The van der Waals surface area contributed by atoms with Gasteiger partial charge in [0, 0.05) is 0 Å². The molecule has 0 spiro atoms. The van der Waals surface area contributed by atoms with Crippen LogP contribution in [0.15, 0.2) is 29.7 Å². The molecule has 0 radical (unpaired) electrons. The predicted molar refractivity (Wildman–Crippen MR) is 86.5 cm³/mol. The first-order valence-corrected chi connectivity index (χ1v) is 7.91.